The zero-order valence-electron chi connectivity index (χ0n) is 15.2. The van der Waals surface area contributed by atoms with Gasteiger partial charge in [0.15, 0.2) is 0 Å². The first kappa shape index (κ1) is 18.6. The van der Waals surface area contributed by atoms with Crippen molar-refractivity contribution in [1.82, 2.24) is 20.5 Å². The number of aromatic nitrogens is 1. The number of amides is 3. The first-order valence-corrected chi connectivity index (χ1v) is 9.54. The summed E-state index contributed by atoms with van der Waals surface area (Å²) in [6.07, 6.45) is 6.54. The fourth-order valence-corrected chi connectivity index (χ4v) is 3.45. The van der Waals surface area contributed by atoms with Gasteiger partial charge in [0.05, 0.1) is 18.3 Å². The van der Waals surface area contributed by atoms with Gasteiger partial charge in [-0.25, -0.2) is 4.79 Å². The molecule has 3 heterocycles. The molecule has 2 N–H and O–H groups in total. The van der Waals surface area contributed by atoms with Crippen molar-refractivity contribution in [3.05, 3.63) is 30.1 Å². The highest BCUT2D eigenvalue weighted by Gasteiger charge is 2.27. The highest BCUT2D eigenvalue weighted by Crippen LogP contribution is 2.18. The van der Waals surface area contributed by atoms with Crippen LogP contribution in [-0.2, 0) is 16.1 Å². The highest BCUT2D eigenvalue weighted by atomic mass is 16.5. The number of urea groups is 1. The first-order chi connectivity index (χ1) is 12.7. The third kappa shape index (κ3) is 5.42. The Labute approximate surface area is 154 Å². The molecule has 0 unspecified atom stereocenters. The average molecular weight is 360 g/mol. The van der Waals surface area contributed by atoms with Gasteiger partial charge in [-0.1, -0.05) is 6.07 Å². The third-order valence-electron chi connectivity index (χ3n) is 5.08. The van der Waals surface area contributed by atoms with Crippen LogP contribution in [0.3, 0.4) is 0 Å². The smallest absolute Gasteiger partial charge is 0.317 e. The zero-order valence-corrected chi connectivity index (χ0v) is 15.2. The molecule has 0 aromatic carbocycles. The molecular formula is C19H28N4O3. The van der Waals surface area contributed by atoms with Crippen molar-refractivity contribution in [2.24, 2.45) is 5.92 Å². The van der Waals surface area contributed by atoms with Gasteiger partial charge in [-0.3, -0.25) is 9.78 Å². The Morgan fingerprint density at radius 2 is 2.00 bits per heavy atom. The van der Waals surface area contributed by atoms with Crippen molar-refractivity contribution in [3.8, 4) is 0 Å². The Kier molecular flexibility index (Phi) is 6.82. The topological polar surface area (TPSA) is 83.6 Å². The quantitative estimate of drug-likeness (QED) is 0.837. The number of piperidine rings is 1. The molecule has 1 atom stereocenters. The average Bonchev–Trinajstić information content (AvgIpc) is 2.72. The number of likely N-dealkylation sites (tertiary alicyclic amines) is 1. The molecule has 0 saturated carbocycles. The molecule has 2 fully saturated rings. The van der Waals surface area contributed by atoms with Crippen LogP contribution in [0.25, 0.3) is 0 Å². The second kappa shape index (κ2) is 9.52. The Bertz CT molecular complexity index is 582. The van der Waals surface area contributed by atoms with Gasteiger partial charge in [-0.2, -0.15) is 0 Å². The Hall–Kier alpha value is -2.15. The molecule has 2 aliphatic heterocycles. The summed E-state index contributed by atoms with van der Waals surface area (Å²) in [6, 6.07) is 5.60. The fraction of sp³-hybridized carbons (Fsp3) is 0.632. The number of rotatable bonds is 5. The molecule has 7 heteroatoms. The number of nitrogens with one attached hydrogen (secondary N) is 2. The summed E-state index contributed by atoms with van der Waals surface area (Å²) in [5, 5.41) is 5.91. The summed E-state index contributed by atoms with van der Waals surface area (Å²) in [5.74, 6) is 0.00996. The van der Waals surface area contributed by atoms with Crippen molar-refractivity contribution < 1.29 is 14.3 Å². The van der Waals surface area contributed by atoms with Crippen LogP contribution in [0.4, 0.5) is 4.79 Å². The molecule has 142 valence electrons. The van der Waals surface area contributed by atoms with E-state index in [2.05, 4.69) is 15.6 Å². The number of pyridine rings is 1. The van der Waals surface area contributed by atoms with Crippen molar-refractivity contribution in [3.63, 3.8) is 0 Å². The molecule has 0 radical (unpaired) electrons. The van der Waals surface area contributed by atoms with E-state index < -0.39 is 0 Å². The number of hydrogen-bond acceptors (Lipinski definition) is 4. The van der Waals surface area contributed by atoms with Crippen molar-refractivity contribution >= 4 is 11.9 Å². The van der Waals surface area contributed by atoms with Crippen LogP contribution in [0.5, 0.6) is 0 Å². The van der Waals surface area contributed by atoms with E-state index in [4.69, 9.17) is 4.74 Å². The van der Waals surface area contributed by atoms with Gasteiger partial charge in [0, 0.05) is 38.4 Å². The van der Waals surface area contributed by atoms with E-state index in [1.807, 2.05) is 18.2 Å². The van der Waals surface area contributed by atoms with E-state index in [0.29, 0.717) is 39.0 Å². The summed E-state index contributed by atoms with van der Waals surface area (Å²) < 4.78 is 5.64. The van der Waals surface area contributed by atoms with E-state index in [0.717, 1.165) is 25.1 Å². The second-order valence-electron chi connectivity index (χ2n) is 6.97. The normalized spacial score (nSPS) is 21.2. The molecule has 3 rings (SSSR count). The van der Waals surface area contributed by atoms with E-state index >= 15 is 0 Å². The summed E-state index contributed by atoms with van der Waals surface area (Å²) >= 11 is 0. The van der Waals surface area contributed by atoms with Crippen molar-refractivity contribution in [2.75, 3.05) is 26.2 Å². The van der Waals surface area contributed by atoms with Crippen LogP contribution in [0.1, 0.15) is 37.8 Å². The monoisotopic (exact) mass is 360 g/mol. The van der Waals surface area contributed by atoms with Crippen LogP contribution in [0, 0.1) is 5.92 Å². The Balaban J connectivity index is 1.35. The molecule has 3 amide bonds. The standard InChI is InChI=1S/C19H28N4O3/c24-18(21-13-16-5-1-3-9-20-16)15-7-10-23(11-8-15)19(25)22-14-17-6-2-4-12-26-17/h1,3,5,9,15,17H,2,4,6-8,10-14H2,(H,21,24)(H,22,25)/t17-/m1/s1. The molecule has 0 bridgehead atoms. The summed E-state index contributed by atoms with van der Waals surface area (Å²) in [6.45, 7) is 3.03. The SMILES string of the molecule is O=C(NCc1ccccn1)C1CCN(C(=O)NC[C@H]2CCCCO2)CC1. The maximum atomic E-state index is 12.3. The molecule has 7 nitrogen and oxygen atoms in total. The van der Waals surface area contributed by atoms with E-state index in [-0.39, 0.29) is 24.0 Å². The van der Waals surface area contributed by atoms with Gasteiger partial charge in [0.2, 0.25) is 5.91 Å². The minimum absolute atomic E-state index is 0.0376. The van der Waals surface area contributed by atoms with Crippen LogP contribution in [0.2, 0.25) is 0 Å². The van der Waals surface area contributed by atoms with Crippen LogP contribution in [-0.4, -0.2) is 54.2 Å². The number of carbonyl (C=O) groups is 2. The largest absolute Gasteiger partial charge is 0.376 e. The van der Waals surface area contributed by atoms with Gasteiger partial charge in [0.1, 0.15) is 0 Å². The molecule has 0 spiro atoms. The van der Waals surface area contributed by atoms with Crippen molar-refractivity contribution in [2.45, 2.75) is 44.8 Å². The van der Waals surface area contributed by atoms with Gasteiger partial charge < -0.3 is 20.3 Å². The van der Waals surface area contributed by atoms with E-state index in [9.17, 15) is 9.59 Å². The second-order valence-corrected chi connectivity index (χ2v) is 6.97. The van der Waals surface area contributed by atoms with Crippen LogP contribution < -0.4 is 10.6 Å². The van der Waals surface area contributed by atoms with Gasteiger partial charge in [-0.05, 0) is 44.2 Å². The minimum Gasteiger partial charge on any atom is -0.376 e. The number of nitrogens with zero attached hydrogens (tertiary/aromatic N) is 2. The highest BCUT2D eigenvalue weighted by molar-refractivity contribution is 5.79. The number of ether oxygens (including phenoxy) is 1. The molecule has 1 aromatic heterocycles. The number of carbonyl (C=O) groups excluding carboxylic acids is 2. The van der Waals surface area contributed by atoms with Crippen LogP contribution in [0.15, 0.2) is 24.4 Å². The van der Waals surface area contributed by atoms with Gasteiger partial charge in [0.25, 0.3) is 0 Å². The molecule has 2 saturated heterocycles. The van der Waals surface area contributed by atoms with Gasteiger partial charge >= 0.3 is 6.03 Å². The minimum atomic E-state index is -0.0495. The molecule has 0 aliphatic carbocycles. The van der Waals surface area contributed by atoms with Crippen LogP contribution >= 0.6 is 0 Å². The lowest BCUT2D eigenvalue weighted by Crippen LogP contribution is -2.48. The van der Waals surface area contributed by atoms with E-state index in [1.165, 1.54) is 6.42 Å². The lowest BCUT2D eigenvalue weighted by Gasteiger charge is -2.32. The zero-order chi connectivity index (χ0) is 18.2. The lowest BCUT2D eigenvalue weighted by molar-refractivity contribution is -0.126. The molecule has 2 aliphatic rings. The summed E-state index contributed by atoms with van der Waals surface area (Å²) in [5.41, 5.74) is 0.850. The Morgan fingerprint density at radius 3 is 2.69 bits per heavy atom. The molecule has 26 heavy (non-hydrogen) atoms. The molecule has 1 aromatic rings. The predicted octanol–water partition coefficient (Wildman–Crippen LogP) is 1.69. The maximum Gasteiger partial charge on any atom is 0.317 e. The van der Waals surface area contributed by atoms with E-state index in [1.54, 1.807) is 11.1 Å². The molecular weight excluding hydrogens is 332 g/mol. The summed E-state index contributed by atoms with van der Waals surface area (Å²) in [7, 11) is 0. The summed E-state index contributed by atoms with van der Waals surface area (Å²) in [4.78, 5) is 30.6. The fourth-order valence-electron chi connectivity index (χ4n) is 3.45. The maximum absolute atomic E-state index is 12.3. The third-order valence-corrected chi connectivity index (χ3v) is 5.08. The van der Waals surface area contributed by atoms with Gasteiger partial charge in [-0.15, -0.1) is 0 Å². The lowest BCUT2D eigenvalue weighted by atomic mass is 9.96. The predicted molar refractivity (Wildman–Crippen MR) is 97.4 cm³/mol. The number of hydrogen-bond donors (Lipinski definition) is 2. The first-order valence-electron chi connectivity index (χ1n) is 9.54. The Morgan fingerprint density at radius 1 is 1.15 bits per heavy atom. The van der Waals surface area contributed by atoms with Crippen molar-refractivity contribution in [1.29, 1.82) is 0 Å².